The SMILES string of the molecule is CCCNc1cc(C)ncc1C(=O)N(C)CC(C)O. The van der Waals surface area contributed by atoms with Crippen LogP contribution in [0.15, 0.2) is 12.3 Å². The highest BCUT2D eigenvalue weighted by atomic mass is 16.3. The Bertz CT molecular complexity index is 433. The number of pyridine rings is 1. The second-order valence-electron chi connectivity index (χ2n) is 4.83. The first-order chi connectivity index (χ1) is 8.95. The highest BCUT2D eigenvalue weighted by Crippen LogP contribution is 2.17. The maximum absolute atomic E-state index is 12.3. The predicted octanol–water partition coefficient (Wildman–Crippen LogP) is 1.66. The number of aliphatic hydroxyl groups is 1. The third kappa shape index (κ3) is 4.52. The van der Waals surface area contributed by atoms with Crippen molar-refractivity contribution in [1.82, 2.24) is 9.88 Å². The monoisotopic (exact) mass is 265 g/mol. The number of carbonyl (C=O) groups is 1. The van der Waals surface area contributed by atoms with Crippen molar-refractivity contribution in [2.24, 2.45) is 0 Å². The summed E-state index contributed by atoms with van der Waals surface area (Å²) in [5, 5.41) is 12.6. The first kappa shape index (κ1) is 15.4. The Balaban J connectivity index is 2.94. The van der Waals surface area contributed by atoms with E-state index < -0.39 is 6.10 Å². The Morgan fingerprint density at radius 1 is 1.58 bits per heavy atom. The maximum atomic E-state index is 12.3. The summed E-state index contributed by atoms with van der Waals surface area (Å²) in [7, 11) is 1.68. The molecule has 1 rings (SSSR count). The van der Waals surface area contributed by atoms with E-state index in [1.54, 1.807) is 20.2 Å². The molecule has 0 aliphatic rings. The van der Waals surface area contributed by atoms with Gasteiger partial charge >= 0.3 is 0 Å². The molecule has 0 aliphatic heterocycles. The summed E-state index contributed by atoms with van der Waals surface area (Å²) >= 11 is 0. The predicted molar refractivity (Wildman–Crippen MR) is 76.4 cm³/mol. The van der Waals surface area contributed by atoms with Crippen LogP contribution in [0.2, 0.25) is 0 Å². The number of rotatable bonds is 6. The van der Waals surface area contributed by atoms with E-state index >= 15 is 0 Å². The zero-order valence-electron chi connectivity index (χ0n) is 12.1. The van der Waals surface area contributed by atoms with Crippen LogP contribution in [0, 0.1) is 6.92 Å². The molecule has 1 amide bonds. The van der Waals surface area contributed by atoms with Gasteiger partial charge in [0, 0.05) is 32.0 Å². The van der Waals surface area contributed by atoms with Gasteiger partial charge in [-0.25, -0.2) is 0 Å². The molecule has 0 aromatic carbocycles. The van der Waals surface area contributed by atoms with Gasteiger partial charge in [-0.05, 0) is 26.3 Å². The standard InChI is InChI=1S/C14H23N3O2/c1-5-6-15-13-7-10(2)16-8-12(13)14(19)17(4)9-11(3)18/h7-8,11,18H,5-6,9H2,1-4H3,(H,15,16). The maximum Gasteiger partial charge on any atom is 0.257 e. The number of carbonyl (C=O) groups excluding carboxylic acids is 1. The Morgan fingerprint density at radius 2 is 2.26 bits per heavy atom. The molecule has 5 heteroatoms. The van der Waals surface area contributed by atoms with E-state index in [1.165, 1.54) is 4.90 Å². The Hall–Kier alpha value is -1.62. The summed E-state index contributed by atoms with van der Waals surface area (Å²) in [4.78, 5) is 18.0. The molecule has 106 valence electrons. The van der Waals surface area contributed by atoms with Crippen LogP contribution < -0.4 is 5.32 Å². The molecule has 0 saturated carbocycles. The van der Waals surface area contributed by atoms with Crippen molar-refractivity contribution in [2.45, 2.75) is 33.3 Å². The lowest BCUT2D eigenvalue weighted by Gasteiger charge is -2.20. The van der Waals surface area contributed by atoms with Gasteiger partial charge in [0.15, 0.2) is 0 Å². The molecule has 0 radical (unpaired) electrons. The van der Waals surface area contributed by atoms with Gasteiger partial charge in [0.2, 0.25) is 0 Å². The van der Waals surface area contributed by atoms with E-state index in [0.717, 1.165) is 24.3 Å². The Kier molecular flexibility index (Phi) is 5.76. The molecule has 0 fully saturated rings. The van der Waals surface area contributed by atoms with Crippen LogP contribution in [0.3, 0.4) is 0 Å². The van der Waals surface area contributed by atoms with Crippen molar-refractivity contribution < 1.29 is 9.90 Å². The molecule has 5 nitrogen and oxygen atoms in total. The fourth-order valence-corrected chi connectivity index (χ4v) is 1.82. The van der Waals surface area contributed by atoms with Crippen molar-refractivity contribution in [3.05, 3.63) is 23.5 Å². The molecule has 0 bridgehead atoms. The molecular weight excluding hydrogens is 242 g/mol. The van der Waals surface area contributed by atoms with Gasteiger partial charge < -0.3 is 15.3 Å². The van der Waals surface area contributed by atoms with Gasteiger partial charge in [0.05, 0.1) is 17.4 Å². The highest BCUT2D eigenvalue weighted by molar-refractivity contribution is 5.99. The molecule has 1 aromatic rings. The van der Waals surface area contributed by atoms with Gasteiger partial charge in [0.1, 0.15) is 0 Å². The van der Waals surface area contributed by atoms with E-state index in [0.29, 0.717) is 12.1 Å². The van der Waals surface area contributed by atoms with E-state index in [2.05, 4.69) is 17.2 Å². The Labute approximate surface area is 114 Å². The quantitative estimate of drug-likeness (QED) is 0.821. The van der Waals surface area contributed by atoms with Crippen molar-refractivity contribution in [2.75, 3.05) is 25.5 Å². The number of hydrogen-bond donors (Lipinski definition) is 2. The van der Waals surface area contributed by atoms with Crippen LogP contribution in [0.1, 0.15) is 36.3 Å². The molecule has 0 saturated heterocycles. The molecule has 0 aliphatic carbocycles. The van der Waals surface area contributed by atoms with Crippen LogP contribution in [0.4, 0.5) is 5.69 Å². The smallest absolute Gasteiger partial charge is 0.257 e. The van der Waals surface area contributed by atoms with E-state index in [-0.39, 0.29) is 5.91 Å². The fraction of sp³-hybridized carbons (Fsp3) is 0.571. The van der Waals surface area contributed by atoms with Crippen LogP contribution >= 0.6 is 0 Å². The third-order valence-corrected chi connectivity index (χ3v) is 2.72. The summed E-state index contributed by atoms with van der Waals surface area (Å²) in [6, 6.07) is 1.87. The number of aromatic nitrogens is 1. The second-order valence-corrected chi connectivity index (χ2v) is 4.83. The highest BCUT2D eigenvalue weighted by Gasteiger charge is 2.17. The minimum absolute atomic E-state index is 0.132. The second kappa shape index (κ2) is 7.09. The molecule has 2 N–H and O–H groups in total. The van der Waals surface area contributed by atoms with Crippen molar-refractivity contribution in [3.63, 3.8) is 0 Å². The van der Waals surface area contributed by atoms with Gasteiger partial charge in [0.25, 0.3) is 5.91 Å². The fourth-order valence-electron chi connectivity index (χ4n) is 1.82. The normalized spacial score (nSPS) is 12.1. The minimum atomic E-state index is -0.542. The lowest BCUT2D eigenvalue weighted by atomic mass is 10.1. The molecule has 1 unspecified atom stereocenters. The number of amides is 1. The zero-order chi connectivity index (χ0) is 14.4. The number of nitrogens with zero attached hydrogens (tertiary/aromatic N) is 2. The van der Waals surface area contributed by atoms with Crippen molar-refractivity contribution >= 4 is 11.6 Å². The van der Waals surface area contributed by atoms with E-state index in [4.69, 9.17) is 0 Å². The van der Waals surface area contributed by atoms with Crippen molar-refractivity contribution in [1.29, 1.82) is 0 Å². The number of anilines is 1. The number of likely N-dealkylation sites (N-methyl/N-ethyl adjacent to an activating group) is 1. The average molecular weight is 265 g/mol. The van der Waals surface area contributed by atoms with Gasteiger partial charge in [-0.1, -0.05) is 6.92 Å². The van der Waals surface area contributed by atoms with Crippen LogP contribution in [0.25, 0.3) is 0 Å². The number of hydrogen-bond acceptors (Lipinski definition) is 4. The lowest BCUT2D eigenvalue weighted by molar-refractivity contribution is 0.0704. The number of aryl methyl sites for hydroxylation is 1. The van der Waals surface area contributed by atoms with Gasteiger partial charge in [-0.3, -0.25) is 9.78 Å². The molecule has 19 heavy (non-hydrogen) atoms. The first-order valence-electron chi connectivity index (χ1n) is 6.59. The summed E-state index contributed by atoms with van der Waals surface area (Å²) in [5.74, 6) is -0.132. The molecule has 1 atom stereocenters. The first-order valence-corrected chi connectivity index (χ1v) is 6.59. The lowest BCUT2D eigenvalue weighted by Crippen LogP contribution is -2.33. The van der Waals surface area contributed by atoms with Crippen molar-refractivity contribution in [3.8, 4) is 0 Å². The molecule has 1 heterocycles. The zero-order valence-corrected chi connectivity index (χ0v) is 12.1. The Morgan fingerprint density at radius 3 is 2.84 bits per heavy atom. The minimum Gasteiger partial charge on any atom is -0.392 e. The third-order valence-electron chi connectivity index (χ3n) is 2.72. The number of nitrogens with one attached hydrogen (secondary N) is 1. The van der Waals surface area contributed by atoms with Gasteiger partial charge in [-0.2, -0.15) is 0 Å². The summed E-state index contributed by atoms with van der Waals surface area (Å²) in [5.41, 5.74) is 2.22. The molecular formula is C14H23N3O2. The van der Waals surface area contributed by atoms with Crippen LogP contribution in [-0.2, 0) is 0 Å². The summed E-state index contributed by atoms with van der Waals surface area (Å²) in [6.45, 7) is 6.74. The van der Waals surface area contributed by atoms with E-state index in [9.17, 15) is 9.90 Å². The van der Waals surface area contributed by atoms with E-state index in [1.807, 2.05) is 13.0 Å². The largest absolute Gasteiger partial charge is 0.392 e. The topological polar surface area (TPSA) is 65.5 Å². The summed E-state index contributed by atoms with van der Waals surface area (Å²) in [6.07, 6.45) is 2.03. The van der Waals surface area contributed by atoms with Crippen LogP contribution in [-0.4, -0.2) is 47.1 Å². The van der Waals surface area contributed by atoms with Gasteiger partial charge in [-0.15, -0.1) is 0 Å². The number of aliphatic hydroxyl groups excluding tert-OH is 1. The molecule has 0 spiro atoms. The van der Waals surface area contributed by atoms with Crippen LogP contribution in [0.5, 0.6) is 0 Å². The summed E-state index contributed by atoms with van der Waals surface area (Å²) < 4.78 is 0. The molecule has 1 aromatic heterocycles. The average Bonchev–Trinajstić information content (AvgIpc) is 2.34.